The smallest absolute Gasteiger partial charge is 0.245 e. The first-order valence-corrected chi connectivity index (χ1v) is 8.87. The maximum Gasteiger partial charge on any atom is 0.245 e. The van der Waals surface area contributed by atoms with Gasteiger partial charge in [-0.1, -0.05) is 60.7 Å². The van der Waals surface area contributed by atoms with E-state index in [4.69, 9.17) is 0 Å². The molecule has 1 amide bonds. The third-order valence-electron chi connectivity index (χ3n) is 4.87. The molecule has 0 spiro atoms. The molecule has 2 aromatic carbocycles. The van der Waals surface area contributed by atoms with E-state index in [2.05, 4.69) is 10.4 Å². The number of rotatable bonds is 5. The predicted octanol–water partition coefficient (Wildman–Crippen LogP) is 4.14. The first-order valence-electron chi connectivity index (χ1n) is 8.87. The molecule has 26 heavy (non-hydrogen) atoms. The van der Waals surface area contributed by atoms with Crippen molar-refractivity contribution in [3.05, 3.63) is 89.2 Å². The molecule has 0 aliphatic carbocycles. The van der Waals surface area contributed by atoms with Gasteiger partial charge < -0.3 is 5.32 Å². The van der Waals surface area contributed by atoms with E-state index in [0.717, 1.165) is 22.5 Å². The fourth-order valence-corrected chi connectivity index (χ4v) is 3.35. The van der Waals surface area contributed by atoms with Crippen molar-refractivity contribution in [1.29, 1.82) is 0 Å². The van der Waals surface area contributed by atoms with E-state index in [1.54, 1.807) is 4.68 Å². The SMILES string of the molecule is Cc1cc(C)n(C(C)C(=O)NC(C)(c2ccccc2)c2ccccc2)n1. The molecule has 3 rings (SSSR count). The van der Waals surface area contributed by atoms with Crippen molar-refractivity contribution in [1.82, 2.24) is 15.1 Å². The summed E-state index contributed by atoms with van der Waals surface area (Å²) in [6.07, 6.45) is 0. The molecular formula is C22H25N3O. The molecule has 0 bridgehead atoms. The van der Waals surface area contributed by atoms with Gasteiger partial charge in [0.1, 0.15) is 6.04 Å². The highest BCUT2D eigenvalue weighted by Crippen LogP contribution is 2.30. The number of nitrogens with zero attached hydrogens (tertiary/aromatic N) is 2. The second-order valence-corrected chi connectivity index (χ2v) is 6.89. The molecule has 1 N–H and O–H groups in total. The molecule has 0 aliphatic heterocycles. The molecule has 0 saturated carbocycles. The van der Waals surface area contributed by atoms with Crippen molar-refractivity contribution in [2.45, 2.75) is 39.3 Å². The predicted molar refractivity (Wildman–Crippen MR) is 104 cm³/mol. The van der Waals surface area contributed by atoms with Crippen molar-refractivity contribution in [3.63, 3.8) is 0 Å². The molecule has 0 radical (unpaired) electrons. The van der Waals surface area contributed by atoms with Gasteiger partial charge in [-0.25, -0.2) is 0 Å². The molecule has 1 aromatic heterocycles. The van der Waals surface area contributed by atoms with E-state index < -0.39 is 11.6 Å². The Morgan fingerprint density at radius 2 is 1.50 bits per heavy atom. The Morgan fingerprint density at radius 3 is 1.92 bits per heavy atom. The van der Waals surface area contributed by atoms with E-state index in [0.29, 0.717) is 0 Å². The van der Waals surface area contributed by atoms with E-state index in [1.807, 2.05) is 94.4 Å². The number of nitrogens with one attached hydrogen (secondary N) is 1. The number of hydrogen-bond acceptors (Lipinski definition) is 2. The number of benzene rings is 2. The van der Waals surface area contributed by atoms with E-state index in [-0.39, 0.29) is 5.91 Å². The Kier molecular flexibility index (Phi) is 4.94. The molecule has 3 aromatic rings. The highest BCUT2D eigenvalue weighted by molar-refractivity contribution is 5.81. The van der Waals surface area contributed by atoms with Crippen LogP contribution in [0.3, 0.4) is 0 Å². The van der Waals surface area contributed by atoms with Crippen molar-refractivity contribution in [2.24, 2.45) is 0 Å². The molecule has 4 nitrogen and oxygen atoms in total. The van der Waals surface area contributed by atoms with Gasteiger partial charge in [-0.2, -0.15) is 5.10 Å². The van der Waals surface area contributed by atoms with Crippen LogP contribution in [0.2, 0.25) is 0 Å². The van der Waals surface area contributed by atoms with Crippen LogP contribution in [-0.2, 0) is 10.3 Å². The van der Waals surface area contributed by atoms with Crippen molar-refractivity contribution >= 4 is 5.91 Å². The van der Waals surface area contributed by atoms with Crippen LogP contribution in [0.25, 0.3) is 0 Å². The lowest BCUT2D eigenvalue weighted by Crippen LogP contribution is -2.47. The lowest BCUT2D eigenvalue weighted by atomic mass is 9.84. The normalized spacial score (nSPS) is 12.6. The summed E-state index contributed by atoms with van der Waals surface area (Å²) in [7, 11) is 0. The minimum absolute atomic E-state index is 0.0635. The lowest BCUT2D eigenvalue weighted by molar-refractivity contribution is -0.125. The van der Waals surface area contributed by atoms with E-state index >= 15 is 0 Å². The monoisotopic (exact) mass is 347 g/mol. The Morgan fingerprint density at radius 1 is 1.00 bits per heavy atom. The van der Waals surface area contributed by atoms with Gasteiger partial charge in [0.05, 0.1) is 11.2 Å². The number of hydrogen-bond donors (Lipinski definition) is 1. The molecule has 134 valence electrons. The van der Waals surface area contributed by atoms with Crippen LogP contribution >= 0.6 is 0 Å². The van der Waals surface area contributed by atoms with Gasteiger partial charge >= 0.3 is 0 Å². The van der Waals surface area contributed by atoms with E-state index in [1.165, 1.54) is 0 Å². The molecule has 4 heteroatoms. The third-order valence-corrected chi connectivity index (χ3v) is 4.87. The van der Waals surface area contributed by atoms with Crippen molar-refractivity contribution < 1.29 is 4.79 Å². The van der Waals surface area contributed by atoms with Crippen LogP contribution < -0.4 is 5.32 Å². The summed E-state index contributed by atoms with van der Waals surface area (Å²) in [4.78, 5) is 13.1. The molecule has 0 saturated heterocycles. The van der Waals surface area contributed by atoms with Crippen LogP contribution in [0.5, 0.6) is 0 Å². The summed E-state index contributed by atoms with van der Waals surface area (Å²) in [6.45, 7) is 7.83. The van der Waals surface area contributed by atoms with Gasteiger partial charge in [0.15, 0.2) is 0 Å². The maximum atomic E-state index is 13.1. The number of aromatic nitrogens is 2. The Labute approximate surface area is 154 Å². The zero-order chi connectivity index (χ0) is 18.7. The van der Waals surface area contributed by atoms with Crippen LogP contribution in [0.15, 0.2) is 66.7 Å². The zero-order valence-electron chi connectivity index (χ0n) is 15.7. The second-order valence-electron chi connectivity index (χ2n) is 6.89. The summed E-state index contributed by atoms with van der Waals surface area (Å²) >= 11 is 0. The largest absolute Gasteiger partial charge is 0.341 e. The summed E-state index contributed by atoms with van der Waals surface area (Å²) in [5.41, 5.74) is 3.35. The minimum Gasteiger partial charge on any atom is -0.341 e. The summed E-state index contributed by atoms with van der Waals surface area (Å²) in [6, 6.07) is 21.7. The quantitative estimate of drug-likeness (QED) is 0.754. The van der Waals surface area contributed by atoms with Gasteiger partial charge in [-0.3, -0.25) is 9.48 Å². The Bertz CT molecular complexity index is 845. The number of amides is 1. The highest BCUT2D eigenvalue weighted by atomic mass is 16.2. The minimum atomic E-state index is -0.621. The van der Waals surface area contributed by atoms with Crippen LogP contribution in [0.4, 0.5) is 0 Å². The molecule has 1 atom stereocenters. The fraction of sp³-hybridized carbons (Fsp3) is 0.273. The Hall–Kier alpha value is -2.88. The second kappa shape index (κ2) is 7.16. The van der Waals surface area contributed by atoms with Gasteiger partial charge in [0, 0.05) is 5.69 Å². The fourth-order valence-electron chi connectivity index (χ4n) is 3.35. The van der Waals surface area contributed by atoms with Gasteiger partial charge in [0.2, 0.25) is 5.91 Å². The number of carbonyl (C=O) groups is 1. The average Bonchev–Trinajstić information content (AvgIpc) is 3.00. The molecular weight excluding hydrogens is 322 g/mol. The first kappa shape index (κ1) is 17.9. The van der Waals surface area contributed by atoms with Gasteiger partial charge in [-0.15, -0.1) is 0 Å². The lowest BCUT2D eigenvalue weighted by Gasteiger charge is -2.33. The average molecular weight is 347 g/mol. The number of aryl methyl sites for hydroxylation is 2. The zero-order valence-corrected chi connectivity index (χ0v) is 15.7. The first-order chi connectivity index (χ1) is 12.4. The topological polar surface area (TPSA) is 46.9 Å². The molecule has 1 heterocycles. The number of carbonyl (C=O) groups excluding carboxylic acids is 1. The standard InChI is InChI=1S/C22H25N3O/c1-16-15-17(2)25(24-16)18(3)21(26)23-22(4,19-11-7-5-8-12-19)20-13-9-6-10-14-20/h5-15,18H,1-4H3,(H,23,26). The van der Waals surface area contributed by atoms with E-state index in [9.17, 15) is 4.79 Å². The summed E-state index contributed by atoms with van der Waals surface area (Å²) in [5.74, 6) is -0.0635. The highest BCUT2D eigenvalue weighted by Gasteiger charge is 2.32. The molecule has 0 aliphatic rings. The molecule has 1 unspecified atom stereocenters. The summed E-state index contributed by atoms with van der Waals surface area (Å²) < 4.78 is 1.78. The van der Waals surface area contributed by atoms with Crippen LogP contribution in [0.1, 0.15) is 42.4 Å². The van der Waals surface area contributed by atoms with Crippen LogP contribution in [0, 0.1) is 13.8 Å². The van der Waals surface area contributed by atoms with Gasteiger partial charge in [-0.05, 0) is 44.9 Å². The van der Waals surface area contributed by atoms with Gasteiger partial charge in [0.25, 0.3) is 0 Å². The Balaban J connectivity index is 1.96. The molecule has 0 fully saturated rings. The van der Waals surface area contributed by atoms with Crippen molar-refractivity contribution in [2.75, 3.05) is 0 Å². The third kappa shape index (κ3) is 3.40. The maximum absolute atomic E-state index is 13.1. The van der Waals surface area contributed by atoms with Crippen molar-refractivity contribution in [3.8, 4) is 0 Å². The summed E-state index contributed by atoms with van der Waals surface area (Å²) in [5, 5.41) is 7.72. The van der Waals surface area contributed by atoms with Crippen LogP contribution in [-0.4, -0.2) is 15.7 Å².